The van der Waals surface area contributed by atoms with Crippen molar-refractivity contribution in [3.05, 3.63) is 86.8 Å². The minimum Gasteiger partial charge on any atom is -0.342 e. The lowest BCUT2D eigenvalue weighted by molar-refractivity contribution is 0.187. The van der Waals surface area contributed by atoms with Crippen LogP contribution in [0.15, 0.2) is 47.3 Å². The SMILES string of the molecule is N[C@@H]1c2ccccc2CC12CCN(c1nc3n[nH]c(C4(c5ccc(F)c(F)c5)CC4)c3c(=O)[nH]1)CC2. The lowest BCUT2D eigenvalue weighted by Crippen LogP contribution is -2.45. The number of H-pyrrole nitrogens is 2. The maximum atomic E-state index is 13.9. The molecule has 0 bridgehead atoms. The maximum Gasteiger partial charge on any atom is 0.263 e. The molecule has 2 aliphatic carbocycles. The standard InChI is InChI=1S/C27H26F2N6O/c28-18-6-5-16(13-19(18)29)27(7-8-27)22-20-23(34-33-22)31-25(32-24(20)36)35-11-9-26(10-12-35)14-15-3-1-2-4-17(15)21(26)30/h1-6,13,21H,7-12,14,30H2,(H2,31,32,33,34,36)/t21-/m1/s1. The Morgan fingerprint density at radius 3 is 2.53 bits per heavy atom. The first-order valence-corrected chi connectivity index (χ1v) is 12.4. The van der Waals surface area contributed by atoms with Crippen LogP contribution in [0.25, 0.3) is 11.0 Å². The normalized spacial score (nSPS) is 21.8. The maximum absolute atomic E-state index is 13.9. The Hall–Kier alpha value is -3.59. The third-order valence-electron chi connectivity index (χ3n) is 8.76. The van der Waals surface area contributed by atoms with Crippen molar-refractivity contribution in [2.24, 2.45) is 11.1 Å². The van der Waals surface area contributed by atoms with E-state index < -0.39 is 17.0 Å². The van der Waals surface area contributed by atoms with Crippen LogP contribution in [0.1, 0.15) is 54.1 Å². The monoisotopic (exact) mass is 488 g/mol. The highest BCUT2D eigenvalue weighted by atomic mass is 19.2. The summed E-state index contributed by atoms with van der Waals surface area (Å²) in [7, 11) is 0. The quantitative estimate of drug-likeness (QED) is 0.407. The summed E-state index contributed by atoms with van der Waals surface area (Å²) in [6.45, 7) is 1.48. The number of fused-ring (bicyclic) bond motifs is 2. The van der Waals surface area contributed by atoms with Crippen LogP contribution in [-0.4, -0.2) is 33.3 Å². The second-order valence-electron chi connectivity index (χ2n) is 10.6. The Bertz CT molecular complexity index is 1560. The number of benzene rings is 2. The van der Waals surface area contributed by atoms with Gasteiger partial charge in [0.05, 0.1) is 5.69 Å². The number of hydrogen-bond donors (Lipinski definition) is 3. The Morgan fingerprint density at radius 2 is 1.81 bits per heavy atom. The van der Waals surface area contributed by atoms with Gasteiger partial charge in [-0.25, -0.2) is 8.78 Å². The number of rotatable bonds is 3. The minimum absolute atomic E-state index is 0.0188. The van der Waals surface area contributed by atoms with E-state index in [-0.39, 0.29) is 17.0 Å². The van der Waals surface area contributed by atoms with Crippen LogP contribution < -0.4 is 16.2 Å². The Kier molecular flexibility index (Phi) is 4.49. The van der Waals surface area contributed by atoms with Crippen LogP contribution >= 0.6 is 0 Å². The van der Waals surface area contributed by atoms with Gasteiger partial charge in [0.2, 0.25) is 5.95 Å². The van der Waals surface area contributed by atoms with Gasteiger partial charge in [0.15, 0.2) is 17.3 Å². The van der Waals surface area contributed by atoms with Gasteiger partial charge < -0.3 is 10.6 Å². The fourth-order valence-corrected chi connectivity index (χ4v) is 6.49. The van der Waals surface area contributed by atoms with E-state index in [4.69, 9.17) is 5.73 Å². The van der Waals surface area contributed by atoms with Crippen LogP contribution in [0.3, 0.4) is 0 Å². The number of halogens is 2. The molecular weight excluding hydrogens is 462 g/mol. The van der Waals surface area contributed by atoms with E-state index in [1.165, 1.54) is 17.2 Å². The summed E-state index contributed by atoms with van der Waals surface area (Å²) in [5.74, 6) is -1.29. The lowest BCUT2D eigenvalue weighted by Gasteiger charge is -2.42. The highest BCUT2D eigenvalue weighted by molar-refractivity contribution is 5.80. The van der Waals surface area contributed by atoms with Gasteiger partial charge in [-0.1, -0.05) is 30.3 Å². The predicted octanol–water partition coefficient (Wildman–Crippen LogP) is 3.85. The average Bonchev–Trinajstić information content (AvgIpc) is 3.49. The number of piperidine rings is 1. The first-order valence-electron chi connectivity index (χ1n) is 12.4. The Labute approximate surface area is 205 Å². The van der Waals surface area contributed by atoms with E-state index in [1.807, 2.05) is 6.07 Å². The first kappa shape index (κ1) is 21.7. The highest BCUT2D eigenvalue weighted by Crippen LogP contribution is 2.54. The van der Waals surface area contributed by atoms with Crippen molar-refractivity contribution in [3.8, 4) is 0 Å². The third kappa shape index (κ3) is 3.01. The van der Waals surface area contributed by atoms with Gasteiger partial charge in [-0.15, -0.1) is 0 Å². The zero-order valence-electron chi connectivity index (χ0n) is 19.7. The molecule has 2 fully saturated rings. The predicted molar refractivity (Wildman–Crippen MR) is 132 cm³/mol. The van der Waals surface area contributed by atoms with Gasteiger partial charge in [-0.2, -0.15) is 10.1 Å². The molecule has 1 spiro atoms. The molecule has 7 rings (SSSR count). The van der Waals surface area contributed by atoms with E-state index in [9.17, 15) is 13.6 Å². The van der Waals surface area contributed by atoms with Crippen LogP contribution in [-0.2, 0) is 11.8 Å². The van der Waals surface area contributed by atoms with Crippen molar-refractivity contribution in [1.29, 1.82) is 0 Å². The van der Waals surface area contributed by atoms with E-state index >= 15 is 0 Å². The van der Waals surface area contributed by atoms with Crippen molar-refractivity contribution in [2.75, 3.05) is 18.0 Å². The molecule has 0 radical (unpaired) electrons. The van der Waals surface area contributed by atoms with E-state index in [0.717, 1.165) is 38.4 Å². The smallest absolute Gasteiger partial charge is 0.263 e. The molecule has 1 atom stereocenters. The number of aromatic nitrogens is 4. The summed E-state index contributed by atoms with van der Waals surface area (Å²) in [6.07, 6.45) is 4.24. The summed E-state index contributed by atoms with van der Waals surface area (Å²) in [5.41, 5.74) is 10.0. The molecule has 36 heavy (non-hydrogen) atoms. The number of anilines is 1. The van der Waals surface area contributed by atoms with Gasteiger partial charge in [-0.3, -0.25) is 14.9 Å². The average molecular weight is 489 g/mol. The molecule has 184 valence electrons. The minimum atomic E-state index is -0.898. The fraction of sp³-hybridized carbons (Fsp3) is 0.370. The van der Waals surface area contributed by atoms with Gasteiger partial charge in [0, 0.05) is 24.5 Å². The number of nitrogens with one attached hydrogen (secondary N) is 2. The summed E-state index contributed by atoms with van der Waals surface area (Å²) >= 11 is 0. The van der Waals surface area contributed by atoms with Crippen LogP contribution in [0, 0.1) is 17.0 Å². The molecule has 1 saturated heterocycles. The molecule has 4 N–H and O–H groups in total. The third-order valence-corrected chi connectivity index (χ3v) is 8.76. The molecule has 4 aromatic rings. The molecule has 0 amide bonds. The number of hydrogen-bond acceptors (Lipinski definition) is 5. The second kappa shape index (κ2) is 7.46. The van der Waals surface area contributed by atoms with Crippen molar-refractivity contribution < 1.29 is 8.78 Å². The van der Waals surface area contributed by atoms with Crippen LogP contribution in [0.4, 0.5) is 14.7 Å². The van der Waals surface area contributed by atoms with E-state index in [2.05, 4.69) is 43.3 Å². The molecule has 1 aliphatic heterocycles. The molecule has 2 aromatic heterocycles. The van der Waals surface area contributed by atoms with Crippen molar-refractivity contribution in [1.82, 2.24) is 20.2 Å². The molecule has 3 aliphatic rings. The largest absolute Gasteiger partial charge is 0.342 e. The molecule has 2 aromatic carbocycles. The van der Waals surface area contributed by atoms with E-state index in [0.29, 0.717) is 41.1 Å². The van der Waals surface area contributed by atoms with Gasteiger partial charge in [0.25, 0.3) is 5.56 Å². The number of aromatic amines is 2. The van der Waals surface area contributed by atoms with Crippen molar-refractivity contribution in [3.63, 3.8) is 0 Å². The summed E-state index contributed by atoms with van der Waals surface area (Å²) in [4.78, 5) is 23.0. The van der Waals surface area contributed by atoms with Gasteiger partial charge >= 0.3 is 0 Å². The number of nitrogens with two attached hydrogens (primary N) is 1. The topological polar surface area (TPSA) is 104 Å². The first-order chi connectivity index (χ1) is 17.4. The van der Waals surface area contributed by atoms with Crippen LogP contribution in [0.5, 0.6) is 0 Å². The lowest BCUT2D eigenvalue weighted by atomic mass is 9.73. The summed E-state index contributed by atoms with van der Waals surface area (Å²) < 4.78 is 27.5. The Morgan fingerprint density at radius 1 is 1.03 bits per heavy atom. The highest BCUT2D eigenvalue weighted by Gasteiger charge is 2.50. The molecule has 7 nitrogen and oxygen atoms in total. The van der Waals surface area contributed by atoms with Crippen LogP contribution in [0.2, 0.25) is 0 Å². The van der Waals surface area contributed by atoms with Gasteiger partial charge in [-0.05, 0) is 66.3 Å². The zero-order chi connectivity index (χ0) is 24.7. The van der Waals surface area contributed by atoms with Gasteiger partial charge in [0.1, 0.15) is 5.39 Å². The fourth-order valence-electron chi connectivity index (χ4n) is 6.49. The molecule has 1 saturated carbocycles. The Balaban J connectivity index is 1.17. The second-order valence-corrected chi connectivity index (χ2v) is 10.6. The molecule has 0 unspecified atom stereocenters. The molecular formula is C27H26F2N6O. The molecule has 3 heterocycles. The van der Waals surface area contributed by atoms with E-state index in [1.54, 1.807) is 6.07 Å². The zero-order valence-corrected chi connectivity index (χ0v) is 19.7. The summed E-state index contributed by atoms with van der Waals surface area (Å²) in [5, 5.41) is 7.72. The van der Waals surface area contributed by atoms with Crippen molar-refractivity contribution in [2.45, 2.75) is 43.6 Å². The number of nitrogens with zero attached hydrogens (tertiary/aromatic N) is 3. The van der Waals surface area contributed by atoms with Crippen molar-refractivity contribution >= 4 is 17.0 Å². The molecule has 9 heteroatoms. The summed E-state index contributed by atoms with van der Waals surface area (Å²) in [6, 6.07) is 12.4.